The minimum absolute atomic E-state index is 0.299. The first-order chi connectivity index (χ1) is 10.7. The van der Waals surface area contributed by atoms with Gasteiger partial charge in [-0.05, 0) is 11.6 Å². The van der Waals surface area contributed by atoms with Crippen LogP contribution < -0.4 is 10.2 Å². The monoisotopic (exact) mass is 302 g/mol. The summed E-state index contributed by atoms with van der Waals surface area (Å²) in [5.41, 5.74) is 2.68. The molecule has 0 bridgehead atoms. The van der Waals surface area contributed by atoms with E-state index in [1.54, 1.807) is 0 Å². The quantitative estimate of drug-likeness (QED) is 0.895. The van der Waals surface area contributed by atoms with Gasteiger partial charge in [-0.3, -0.25) is 9.69 Å². The smallest absolute Gasteiger partial charge is 0.223 e. The van der Waals surface area contributed by atoms with Gasteiger partial charge in [-0.15, -0.1) is 0 Å². The third kappa shape index (κ3) is 3.59. The van der Waals surface area contributed by atoms with Crippen molar-refractivity contribution in [2.75, 3.05) is 57.8 Å². The van der Waals surface area contributed by atoms with Crippen LogP contribution in [0, 0.1) is 0 Å². The minimum Gasteiger partial charge on any atom is -0.373 e. The largest absolute Gasteiger partial charge is 0.373 e. The van der Waals surface area contributed by atoms with Gasteiger partial charge in [0.1, 0.15) is 0 Å². The van der Waals surface area contributed by atoms with Crippen LogP contribution in [-0.4, -0.2) is 68.6 Å². The lowest BCUT2D eigenvalue weighted by Crippen LogP contribution is -2.47. The maximum Gasteiger partial charge on any atom is 0.223 e. The highest BCUT2D eigenvalue weighted by atomic mass is 16.2. The van der Waals surface area contributed by atoms with Gasteiger partial charge in [-0.1, -0.05) is 18.2 Å². The molecule has 1 aromatic rings. The van der Waals surface area contributed by atoms with Crippen molar-refractivity contribution in [3.05, 3.63) is 29.8 Å². The van der Waals surface area contributed by atoms with Gasteiger partial charge in [0.2, 0.25) is 5.91 Å². The Morgan fingerprint density at radius 2 is 1.91 bits per heavy atom. The Morgan fingerprint density at radius 3 is 2.73 bits per heavy atom. The fourth-order valence-electron chi connectivity index (χ4n) is 3.27. The summed E-state index contributed by atoms with van der Waals surface area (Å²) in [4.78, 5) is 19.0. The Balaban J connectivity index is 1.56. The maximum absolute atomic E-state index is 12.3. The molecule has 3 rings (SSSR count). The first kappa shape index (κ1) is 15.3. The number of fused-ring (bicyclic) bond motifs is 1. The second kappa shape index (κ2) is 7.11. The zero-order valence-corrected chi connectivity index (χ0v) is 13.4. The molecule has 0 spiro atoms. The van der Waals surface area contributed by atoms with E-state index >= 15 is 0 Å². The van der Waals surface area contributed by atoms with Crippen molar-refractivity contribution in [1.82, 2.24) is 15.1 Å². The number of nitrogens with one attached hydrogen (secondary N) is 1. The van der Waals surface area contributed by atoms with Crippen molar-refractivity contribution >= 4 is 11.6 Å². The van der Waals surface area contributed by atoms with Crippen LogP contribution in [0.5, 0.6) is 0 Å². The number of hydrogen-bond acceptors (Lipinski definition) is 4. The summed E-state index contributed by atoms with van der Waals surface area (Å²) in [5.74, 6) is 0.299. The van der Waals surface area contributed by atoms with E-state index in [0.717, 1.165) is 52.4 Å². The zero-order valence-electron chi connectivity index (χ0n) is 13.4. The molecular weight excluding hydrogens is 276 g/mol. The Labute approximate surface area is 132 Å². The van der Waals surface area contributed by atoms with Crippen molar-refractivity contribution < 1.29 is 4.79 Å². The second-order valence-corrected chi connectivity index (χ2v) is 6.21. The van der Waals surface area contributed by atoms with Gasteiger partial charge < -0.3 is 15.1 Å². The lowest BCUT2D eigenvalue weighted by atomic mass is 10.1. The average molecular weight is 302 g/mol. The lowest BCUT2D eigenvalue weighted by molar-refractivity contribution is -0.132. The summed E-state index contributed by atoms with van der Waals surface area (Å²) in [6.07, 6.45) is 0.631. The Kier molecular flexibility index (Phi) is 4.95. The van der Waals surface area contributed by atoms with Gasteiger partial charge >= 0.3 is 0 Å². The maximum atomic E-state index is 12.3. The van der Waals surface area contributed by atoms with Crippen LogP contribution in [0.4, 0.5) is 5.69 Å². The number of para-hydroxylation sites is 1. The van der Waals surface area contributed by atoms with Crippen molar-refractivity contribution in [2.45, 2.75) is 13.0 Å². The van der Waals surface area contributed by atoms with E-state index in [1.807, 2.05) is 4.90 Å². The third-order valence-corrected chi connectivity index (χ3v) is 4.66. The fourth-order valence-corrected chi connectivity index (χ4v) is 3.27. The predicted molar refractivity (Wildman–Crippen MR) is 89.1 cm³/mol. The zero-order chi connectivity index (χ0) is 15.4. The van der Waals surface area contributed by atoms with Gasteiger partial charge in [0, 0.05) is 71.5 Å². The van der Waals surface area contributed by atoms with E-state index in [2.05, 4.69) is 46.4 Å². The molecule has 1 amide bonds. The molecule has 0 radical (unpaired) electrons. The van der Waals surface area contributed by atoms with Crippen LogP contribution in [-0.2, 0) is 11.3 Å². The number of hydrogen-bond donors (Lipinski definition) is 1. The molecule has 5 nitrogen and oxygen atoms in total. The van der Waals surface area contributed by atoms with E-state index < -0.39 is 0 Å². The summed E-state index contributed by atoms with van der Waals surface area (Å²) >= 11 is 0. The van der Waals surface area contributed by atoms with Crippen molar-refractivity contribution in [1.29, 1.82) is 0 Å². The lowest BCUT2D eigenvalue weighted by Gasteiger charge is -2.28. The molecule has 2 aliphatic heterocycles. The van der Waals surface area contributed by atoms with Crippen molar-refractivity contribution in [3.8, 4) is 0 Å². The van der Waals surface area contributed by atoms with Crippen LogP contribution in [0.3, 0.4) is 0 Å². The average Bonchev–Trinajstić information content (AvgIpc) is 2.73. The first-order valence-electron chi connectivity index (χ1n) is 8.24. The van der Waals surface area contributed by atoms with Crippen molar-refractivity contribution in [2.24, 2.45) is 0 Å². The number of anilines is 1. The highest BCUT2D eigenvalue weighted by Gasteiger charge is 2.20. The summed E-state index contributed by atoms with van der Waals surface area (Å²) in [5, 5.41) is 3.29. The Hall–Kier alpha value is -1.59. The minimum atomic E-state index is 0.299. The number of amides is 1. The molecule has 2 heterocycles. The molecule has 0 unspecified atom stereocenters. The number of carbonyl (C=O) groups excluding carboxylic acids is 1. The predicted octanol–water partition coefficient (Wildman–Crippen LogP) is 0.760. The van der Waals surface area contributed by atoms with Crippen LogP contribution in [0.25, 0.3) is 0 Å². The molecule has 0 atom stereocenters. The summed E-state index contributed by atoms with van der Waals surface area (Å²) in [7, 11) is 2.15. The van der Waals surface area contributed by atoms with Gasteiger partial charge in [-0.25, -0.2) is 0 Å². The SMILES string of the molecule is CN1CCN(CCC(=O)N2CCNCC2)Cc2ccccc21. The van der Waals surface area contributed by atoms with Gasteiger partial charge in [0.05, 0.1) is 0 Å². The number of piperazine rings is 1. The van der Waals surface area contributed by atoms with Crippen LogP contribution in [0.1, 0.15) is 12.0 Å². The van der Waals surface area contributed by atoms with Crippen LogP contribution in [0.2, 0.25) is 0 Å². The fraction of sp³-hybridized carbons (Fsp3) is 0.588. The molecule has 5 heteroatoms. The number of nitrogens with zero attached hydrogens (tertiary/aromatic N) is 3. The molecule has 2 aliphatic rings. The molecule has 1 saturated heterocycles. The summed E-state index contributed by atoms with van der Waals surface area (Å²) in [6.45, 7) is 7.37. The first-order valence-corrected chi connectivity index (χ1v) is 8.24. The Bertz CT molecular complexity index is 513. The molecule has 22 heavy (non-hydrogen) atoms. The summed E-state index contributed by atoms with van der Waals surface area (Å²) < 4.78 is 0. The van der Waals surface area contributed by atoms with Gasteiger partial charge in [0.25, 0.3) is 0 Å². The highest BCUT2D eigenvalue weighted by Crippen LogP contribution is 2.23. The third-order valence-electron chi connectivity index (χ3n) is 4.66. The number of likely N-dealkylation sites (N-methyl/N-ethyl adjacent to an activating group) is 1. The van der Waals surface area contributed by atoms with E-state index in [9.17, 15) is 4.79 Å². The van der Waals surface area contributed by atoms with E-state index in [4.69, 9.17) is 0 Å². The topological polar surface area (TPSA) is 38.8 Å². The van der Waals surface area contributed by atoms with E-state index in [0.29, 0.717) is 12.3 Å². The van der Waals surface area contributed by atoms with Gasteiger partial charge in [-0.2, -0.15) is 0 Å². The van der Waals surface area contributed by atoms with E-state index in [-0.39, 0.29) is 0 Å². The van der Waals surface area contributed by atoms with Crippen molar-refractivity contribution in [3.63, 3.8) is 0 Å². The standard InChI is InChI=1S/C17H26N4O/c1-19-12-13-20(14-15-4-2-3-5-16(15)19)9-6-17(22)21-10-7-18-8-11-21/h2-5,18H,6-14H2,1H3. The highest BCUT2D eigenvalue weighted by molar-refractivity contribution is 5.76. The molecule has 0 aliphatic carbocycles. The summed E-state index contributed by atoms with van der Waals surface area (Å²) in [6, 6.07) is 8.58. The number of rotatable bonds is 3. The molecule has 0 saturated carbocycles. The number of carbonyl (C=O) groups is 1. The van der Waals surface area contributed by atoms with E-state index in [1.165, 1.54) is 11.3 Å². The number of benzene rings is 1. The molecule has 120 valence electrons. The molecule has 1 fully saturated rings. The molecule has 0 aromatic heterocycles. The normalized spacial score (nSPS) is 19.7. The molecule has 1 aromatic carbocycles. The Morgan fingerprint density at radius 1 is 1.14 bits per heavy atom. The molecular formula is C17H26N4O. The van der Waals surface area contributed by atoms with Crippen LogP contribution >= 0.6 is 0 Å². The second-order valence-electron chi connectivity index (χ2n) is 6.21. The molecule has 1 N–H and O–H groups in total. The van der Waals surface area contributed by atoms with Gasteiger partial charge in [0.15, 0.2) is 0 Å². The van der Waals surface area contributed by atoms with Crippen LogP contribution in [0.15, 0.2) is 24.3 Å².